The molecule has 1 saturated heterocycles. The van der Waals surface area contributed by atoms with Gasteiger partial charge in [-0.25, -0.2) is 0 Å². The number of nitrogens with zero attached hydrogens (tertiary/aromatic N) is 1. The Morgan fingerprint density at radius 1 is 1.11 bits per heavy atom. The van der Waals surface area contributed by atoms with E-state index in [1.165, 1.54) is 5.56 Å². The van der Waals surface area contributed by atoms with Crippen molar-refractivity contribution >= 4 is 18.3 Å². The van der Waals surface area contributed by atoms with E-state index in [0.717, 1.165) is 70.3 Å². The van der Waals surface area contributed by atoms with Gasteiger partial charge in [-0.15, -0.1) is 12.4 Å². The summed E-state index contributed by atoms with van der Waals surface area (Å²) in [4.78, 5) is 15.4. The first-order valence-electron chi connectivity index (χ1n) is 10.1. The van der Waals surface area contributed by atoms with Crippen LogP contribution in [0.2, 0.25) is 0 Å². The van der Waals surface area contributed by atoms with Crippen LogP contribution in [0, 0.1) is 5.41 Å². The number of hydrogen-bond donors (Lipinski definition) is 2. The highest BCUT2D eigenvalue weighted by Gasteiger charge is 2.40. The molecule has 3 N–H and O–H groups in total. The Bertz CT molecular complexity index is 589. The van der Waals surface area contributed by atoms with Crippen LogP contribution in [0.15, 0.2) is 24.3 Å². The highest BCUT2D eigenvalue weighted by Crippen LogP contribution is 2.37. The smallest absolute Gasteiger partial charge is 0.226 e. The predicted molar refractivity (Wildman–Crippen MR) is 112 cm³/mol. The molecule has 1 amide bonds. The number of carbonyl (C=O) groups is 1. The van der Waals surface area contributed by atoms with Gasteiger partial charge in [0, 0.05) is 13.1 Å². The standard InChI is InChI=1S/C21H33N3O2.ClH/c22-12-16-24-14-10-21(11-15-24)9-5-1-2-6-18-7-3-4-8-19(18)26-17-13-23-20(21)25;/h3-4,7-8H,1-2,5-6,9-17,22H2,(H,23,25);1H. The molecule has 1 aromatic rings. The first-order chi connectivity index (χ1) is 12.7. The third kappa shape index (κ3) is 5.84. The maximum Gasteiger partial charge on any atom is 0.226 e. The fourth-order valence-electron chi connectivity index (χ4n) is 4.30. The fraction of sp³-hybridized carbons (Fsp3) is 0.667. The molecule has 2 aliphatic heterocycles. The summed E-state index contributed by atoms with van der Waals surface area (Å²) in [5, 5.41) is 3.15. The molecule has 0 unspecified atom stereocenters. The SMILES string of the molecule is Cl.NCCN1CCC2(CCCCCc3ccccc3OCCNC2=O)CC1. The molecule has 5 nitrogen and oxygen atoms in total. The van der Waals surface area contributed by atoms with Crippen molar-refractivity contribution in [3.05, 3.63) is 29.8 Å². The summed E-state index contributed by atoms with van der Waals surface area (Å²) < 4.78 is 5.94. The number of ether oxygens (including phenoxy) is 1. The average molecular weight is 396 g/mol. The second-order valence-electron chi connectivity index (χ2n) is 7.68. The number of likely N-dealkylation sites (tertiary alicyclic amines) is 1. The lowest BCUT2D eigenvalue weighted by Gasteiger charge is -2.40. The molecule has 0 aliphatic carbocycles. The topological polar surface area (TPSA) is 67.6 Å². The number of rotatable bonds is 2. The quantitative estimate of drug-likeness (QED) is 0.807. The van der Waals surface area contributed by atoms with Crippen molar-refractivity contribution in [3.8, 4) is 5.75 Å². The van der Waals surface area contributed by atoms with Crippen LogP contribution in [-0.4, -0.2) is 50.1 Å². The minimum absolute atomic E-state index is 0. The first kappa shape index (κ1) is 22.0. The number of para-hydroxylation sites is 1. The van der Waals surface area contributed by atoms with E-state index in [0.29, 0.717) is 19.7 Å². The number of aryl methyl sites for hydroxylation is 1. The van der Waals surface area contributed by atoms with Gasteiger partial charge in [0.15, 0.2) is 0 Å². The summed E-state index contributed by atoms with van der Waals surface area (Å²) >= 11 is 0. The van der Waals surface area contributed by atoms with Crippen molar-refractivity contribution in [2.75, 3.05) is 39.3 Å². The molecule has 1 spiro atoms. The van der Waals surface area contributed by atoms with Crippen molar-refractivity contribution in [3.63, 3.8) is 0 Å². The van der Waals surface area contributed by atoms with Crippen molar-refractivity contribution < 1.29 is 9.53 Å². The van der Waals surface area contributed by atoms with Crippen LogP contribution >= 0.6 is 12.4 Å². The average Bonchev–Trinajstić information content (AvgIpc) is 2.68. The number of carbonyl (C=O) groups excluding carboxylic acids is 1. The van der Waals surface area contributed by atoms with Gasteiger partial charge < -0.3 is 20.7 Å². The van der Waals surface area contributed by atoms with Crippen molar-refractivity contribution in [2.45, 2.75) is 44.9 Å². The van der Waals surface area contributed by atoms with E-state index in [1.807, 2.05) is 12.1 Å². The summed E-state index contributed by atoms with van der Waals surface area (Å²) in [6.07, 6.45) is 7.37. The van der Waals surface area contributed by atoms with Crippen LogP contribution in [0.1, 0.15) is 44.1 Å². The van der Waals surface area contributed by atoms with Gasteiger partial charge in [-0.1, -0.05) is 31.0 Å². The molecule has 2 heterocycles. The van der Waals surface area contributed by atoms with E-state index in [1.54, 1.807) is 0 Å². The molecule has 27 heavy (non-hydrogen) atoms. The number of piperidine rings is 1. The highest BCUT2D eigenvalue weighted by atomic mass is 35.5. The Morgan fingerprint density at radius 3 is 2.67 bits per heavy atom. The molecule has 6 heteroatoms. The van der Waals surface area contributed by atoms with Gasteiger partial charge in [0.1, 0.15) is 12.4 Å². The largest absolute Gasteiger partial charge is 0.491 e. The van der Waals surface area contributed by atoms with Gasteiger partial charge in [-0.3, -0.25) is 4.79 Å². The van der Waals surface area contributed by atoms with Gasteiger partial charge >= 0.3 is 0 Å². The summed E-state index contributed by atoms with van der Waals surface area (Å²) in [5.74, 6) is 1.19. The Balaban J connectivity index is 0.00000261. The summed E-state index contributed by atoms with van der Waals surface area (Å²) in [6, 6.07) is 8.28. The number of nitrogens with two attached hydrogens (primary N) is 1. The zero-order valence-corrected chi connectivity index (χ0v) is 17.1. The minimum Gasteiger partial charge on any atom is -0.491 e. The second kappa shape index (κ2) is 10.9. The number of halogens is 1. The van der Waals surface area contributed by atoms with Gasteiger partial charge in [-0.2, -0.15) is 0 Å². The third-order valence-corrected chi connectivity index (χ3v) is 5.96. The van der Waals surface area contributed by atoms with Crippen LogP contribution < -0.4 is 15.8 Å². The number of fused-ring (bicyclic) bond motifs is 1. The Kier molecular flexibility index (Phi) is 8.87. The lowest BCUT2D eigenvalue weighted by atomic mass is 9.73. The van der Waals surface area contributed by atoms with Crippen LogP contribution in [0.5, 0.6) is 5.75 Å². The van der Waals surface area contributed by atoms with E-state index < -0.39 is 0 Å². The normalized spacial score (nSPS) is 21.4. The zero-order valence-electron chi connectivity index (χ0n) is 16.3. The van der Waals surface area contributed by atoms with E-state index in [9.17, 15) is 4.79 Å². The molecular weight excluding hydrogens is 362 g/mol. The van der Waals surface area contributed by atoms with Crippen LogP contribution in [-0.2, 0) is 11.2 Å². The maximum absolute atomic E-state index is 13.0. The Hall–Kier alpha value is -1.30. The maximum atomic E-state index is 13.0. The number of hydrogen-bond acceptors (Lipinski definition) is 4. The summed E-state index contributed by atoms with van der Waals surface area (Å²) in [7, 11) is 0. The minimum atomic E-state index is -0.202. The molecule has 2 aliphatic rings. The van der Waals surface area contributed by atoms with Crippen LogP contribution in [0.4, 0.5) is 0 Å². The lowest BCUT2D eigenvalue weighted by Crippen LogP contribution is -2.50. The first-order valence-corrected chi connectivity index (χ1v) is 10.1. The van der Waals surface area contributed by atoms with E-state index >= 15 is 0 Å². The Labute approximate surface area is 169 Å². The molecule has 0 atom stereocenters. The van der Waals surface area contributed by atoms with Crippen molar-refractivity contribution in [1.82, 2.24) is 10.2 Å². The van der Waals surface area contributed by atoms with Gasteiger partial charge in [-0.05, 0) is 56.8 Å². The number of benzene rings is 1. The van der Waals surface area contributed by atoms with E-state index in [2.05, 4.69) is 22.3 Å². The summed E-state index contributed by atoms with van der Waals surface area (Å²) in [6.45, 7) is 4.68. The molecule has 1 aromatic carbocycles. The van der Waals surface area contributed by atoms with Gasteiger partial charge in [0.25, 0.3) is 0 Å². The molecule has 0 aromatic heterocycles. The van der Waals surface area contributed by atoms with Gasteiger partial charge in [0.05, 0.1) is 12.0 Å². The molecule has 0 bridgehead atoms. The molecule has 152 valence electrons. The molecule has 0 saturated carbocycles. The van der Waals surface area contributed by atoms with E-state index in [-0.39, 0.29) is 23.7 Å². The zero-order chi connectivity index (χ0) is 18.2. The van der Waals surface area contributed by atoms with Crippen molar-refractivity contribution in [2.24, 2.45) is 11.1 Å². The van der Waals surface area contributed by atoms with Gasteiger partial charge in [0.2, 0.25) is 5.91 Å². The van der Waals surface area contributed by atoms with Crippen molar-refractivity contribution in [1.29, 1.82) is 0 Å². The summed E-state index contributed by atoms with van der Waals surface area (Å²) in [5.41, 5.74) is 6.77. The van der Waals surface area contributed by atoms with Crippen LogP contribution in [0.3, 0.4) is 0 Å². The highest BCUT2D eigenvalue weighted by molar-refractivity contribution is 5.85. The third-order valence-electron chi connectivity index (χ3n) is 5.96. The molecule has 1 fully saturated rings. The number of nitrogens with one attached hydrogen (secondary N) is 1. The predicted octanol–water partition coefficient (Wildman–Crippen LogP) is 2.76. The monoisotopic (exact) mass is 395 g/mol. The molecule has 0 radical (unpaired) electrons. The number of amides is 1. The second-order valence-corrected chi connectivity index (χ2v) is 7.68. The molecular formula is C21H34ClN3O2. The van der Waals surface area contributed by atoms with E-state index in [4.69, 9.17) is 10.5 Å². The van der Waals surface area contributed by atoms with Crippen LogP contribution in [0.25, 0.3) is 0 Å². The molecule has 3 rings (SSSR count). The fourth-order valence-corrected chi connectivity index (χ4v) is 4.30. The Morgan fingerprint density at radius 2 is 1.89 bits per heavy atom. The lowest BCUT2D eigenvalue weighted by molar-refractivity contribution is -0.134.